The number of nitrogens with one attached hydrogen (secondary N) is 3. The number of hydrogen-bond acceptors (Lipinski definition) is 4. The van der Waals surface area contributed by atoms with E-state index in [0.717, 1.165) is 11.3 Å². The topological polar surface area (TPSA) is 94.5 Å². The average molecular weight is 505 g/mol. The normalized spacial score (nSPS) is 14.0. The zero-order valence-electron chi connectivity index (χ0n) is 17.8. The van der Waals surface area contributed by atoms with Crippen molar-refractivity contribution in [2.45, 2.75) is 19.3 Å². The second kappa shape index (κ2) is 11.1. The molecule has 2 aromatic rings. The second-order valence-electron chi connectivity index (χ2n) is 7.58. The number of nitrogens with zero attached hydrogens (tertiary/aromatic N) is 1. The number of benzene rings is 2. The molecule has 1 aliphatic heterocycles. The molecule has 170 valence electrons. The fraction of sp³-hybridized carbons (Fsp3) is 0.348. The lowest BCUT2D eigenvalue weighted by atomic mass is 9.92. The van der Waals surface area contributed by atoms with Crippen molar-refractivity contribution in [1.82, 2.24) is 10.2 Å². The van der Waals surface area contributed by atoms with Crippen LogP contribution in [-0.4, -0.2) is 49.3 Å². The van der Waals surface area contributed by atoms with E-state index in [0.29, 0.717) is 44.6 Å². The molecule has 2 amide bonds. The van der Waals surface area contributed by atoms with Crippen molar-refractivity contribution in [3.8, 4) is 5.75 Å². The number of ether oxygens (including phenoxy) is 1. The van der Waals surface area contributed by atoms with Crippen molar-refractivity contribution >= 4 is 39.3 Å². The van der Waals surface area contributed by atoms with Crippen LogP contribution in [-0.2, 0) is 11.2 Å². The van der Waals surface area contributed by atoms with Crippen LogP contribution in [0.2, 0.25) is 0 Å². The van der Waals surface area contributed by atoms with Gasteiger partial charge >= 0.3 is 6.03 Å². The van der Waals surface area contributed by atoms with E-state index >= 15 is 0 Å². The minimum Gasteiger partial charge on any atom is -0.497 e. The highest BCUT2D eigenvalue weighted by atomic mass is 79.9. The predicted octanol–water partition coefficient (Wildman–Crippen LogP) is 4.22. The molecule has 3 rings (SSSR count). The molecule has 7 nitrogen and oxygen atoms in total. The summed E-state index contributed by atoms with van der Waals surface area (Å²) in [4.78, 5) is 26.7. The Balaban J connectivity index is 1.41. The van der Waals surface area contributed by atoms with E-state index in [-0.39, 0.29) is 28.0 Å². The van der Waals surface area contributed by atoms with E-state index < -0.39 is 5.82 Å². The van der Waals surface area contributed by atoms with Gasteiger partial charge in [0.15, 0.2) is 5.84 Å². The number of likely N-dealkylation sites (tertiary alicyclic amines) is 1. The third-order valence-electron chi connectivity index (χ3n) is 5.44. The molecule has 1 fully saturated rings. The van der Waals surface area contributed by atoms with Crippen LogP contribution in [0.15, 0.2) is 46.9 Å². The summed E-state index contributed by atoms with van der Waals surface area (Å²) in [5, 5.41) is 13.7. The summed E-state index contributed by atoms with van der Waals surface area (Å²) < 4.78 is 18.7. The summed E-state index contributed by atoms with van der Waals surface area (Å²) in [6.07, 6.45) is 1.72. The molecule has 0 aromatic heterocycles. The van der Waals surface area contributed by atoms with Gasteiger partial charge in [0.05, 0.1) is 11.6 Å². The number of urea groups is 1. The molecule has 0 bridgehead atoms. The van der Waals surface area contributed by atoms with Crippen molar-refractivity contribution in [2.75, 3.05) is 32.1 Å². The Hall–Kier alpha value is -2.94. The molecule has 2 aromatic carbocycles. The summed E-state index contributed by atoms with van der Waals surface area (Å²) in [5.74, 6) is -0.467. The molecule has 0 aliphatic carbocycles. The van der Waals surface area contributed by atoms with E-state index in [1.807, 2.05) is 24.3 Å². The van der Waals surface area contributed by atoms with Crippen LogP contribution in [0, 0.1) is 17.1 Å². The number of halogens is 2. The van der Waals surface area contributed by atoms with Crippen LogP contribution in [0.25, 0.3) is 0 Å². The first-order valence-electron chi connectivity index (χ1n) is 10.4. The van der Waals surface area contributed by atoms with E-state index in [1.165, 1.54) is 18.2 Å². The molecule has 32 heavy (non-hydrogen) atoms. The maximum absolute atomic E-state index is 13.3. The third-order valence-corrected chi connectivity index (χ3v) is 6.04. The fourth-order valence-corrected chi connectivity index (χ4v) is 3.93. The number of carbonyl (C=O) groups excluding carboxylic acids is 2. The number of piperidine rings is 1. The van der Waals surface area contributed by atoms with E-state index in [9.17, 15) is 14.0 Å². The van der Waals surface area contributed by atoms with Gasteiger partial charge in [-0.05, 0) is 71.1 Å². The van der Waals surface area contributed by atoms with Crippen LogP contribution in [0.1, 0.15) is 18.4 Å². The number of hydrogen-bond donors (Lipinski definition) is 3. The highest BCUT2D eigenvalue weighted by Gasteiger charge is 2.29. The average Bonchev–Trinajstić information content (AvgIpc) is 2.81. The SMILES string of the molecule is COc1ccc(CCNC(=O)N2CCC(C(=O)C(=N)Nc3ccc(F)c(Br)c3)CC2)cc1. The van der Waals surface area contributed by atoms with Gasteiger partial charge in [0, 0.05) is 31.2 Å². The number of rotatable bonds is 7. The number of Topliss-reactive ketones (excluding diaryl/α,β-unsaturated/α-hetero) is 1. The minimum atomic E-state index is -0.414. The molecule has 1 aliphatic rings. The van der Waals surface area contributed by atoms with Crippen molar-refractivity contribution in [3.05, 3.63) is 58.3 Å². The molecular formula is C23H26BrFN4O3. The summed E-state index contributed by atoms with van der Waals surface area (Å²) >= 11 is 3.09. The first-order chi connectivity index (χ1) is 15.4. The molecule has 9 heteroatoms. The molecule has 1 heterocycles. The fourth-order valence-electron chi connectivity index (χ4n) is 3.55. The van der Waals surface area contributed by atoms with E-state index in [1.54, 1.807) is 12.0 Å². The molecule has 1 saturated heterocycles. The Morgan fingerprint density at radius 2 is 1.88 bits per heavy atom. The van der Waals surface area contributed by atoms with Gasteiger partial charge in [-0.25, -0.2) is 9.18 Å². The number of carbonyl (C=O) groups is 2. The zero-order chi connectivity index (χ0) is 23.1. The van der Waals surface area contributed by atoms with Crippen LogP contribution in [0.5, 0.6) is 5.75 Å². The van der Waals surface area contributed by atoms with E-state index in [2.05, 4.69) is 26.6 Å². The van der Waals surface area contributed by atoms with Crippen molar-refractivity contribution in [3.63, 3.8) is 0 Å². The smallest absolute Gasteiger partial charge is 0.317 e. The van der Waals surface area contributed by atoms with Gasteiger partial charge in [-0.1, -0.05) is 12.1 Å². The largest absolute Gasteiger partial charge is 0.497 e. The van der Waals surface area contributed by atoms with Gasteiger partial charge in [-0.2, -0.15) is 0 Å². The summed E-state index contributed by atoms with van der Waals surface area (Å²) in [6.45, 7) is 1.44. The van der Waals surface area contributed by atoms with Crippen LogP contribution in [0.4, 0.5) is 14.9 Å². The Kier molecular flexibility index (Phi) is 8.21. The molecule has 0 saturated carbocycles. The monoisotopic (exact) mass is 504 g/mol. The minimum absolute atomic E-state index is 0.145. The quantitative estimate of drug-likeness (QED) is 0.388. The maximum Gasteiger partial charge on any atom is 0.317 e. The summed E-state index contributed by atoms with van der Waals surface area (Å²) in [6, 6.07) is 11.8. The highest BCUT2D eigenvalue weighted by molar-refractivity contribution is 9.10. The Morgan fingerprint density at radius 1 is 1.19 bits per heavy atom. The highest BCUT2D eigenvalue weighted by Crippen LogP contribution is 2.22. The third kappa shape index (κ3) is 6.29. The van der Waals surface area contributed by atoms with Crippen LogP contribution in [0.3, 0.4) is 0 Å². The van der Waals surface area contributed by atoms with Crippen LogP contribution < -0.4 is 15.4 Å². The first-order valence-corrected chi connectivity index (χ1v) is 11.2. The number of methoxy groups -OCH3 is 1. The Labute approximate surface area is 195 Å². The van der Waals surface area contributed by atoms with Gasteiger partial charge in [-0.15, -0.1) is 0 Å². The van der Waals surface area contributed by atoms with Gasteiger partial charge in [0.25, 0.3) is 0 Å². The Bertz CT molecular complexity index is 976. The Morgan fingerprint density at radius 3 is 2.50 bits per heavy atom. The van der Waals surface area contributed by atoms with E-state index in [4.69, 9.17) is 10.1 Å². The summed E-state index contributed by atoms with van der Waals surface area (Å²) in [7, 11) is 1.62. The standard InChI is InChI=1S/C23H26BrFN4O3/c1-32-18-5-2-15(3-6-18)8-11-27-23(31)29-12-9-16(10-13-29)21(30)22(26)28-17-4-7-20(25)19(24)14-17/h2-7,14,16H,8-13H2,1H3,(H2,26,28)(H,27,31). The van der Waals surface area contributed by atoms with Gasteiger partial charge in [-0.3, -0.25) is 10.2 Å². The molecule has 0 radical (unpaired) electrons. The number of amides is 2. The second-order valence-corrected chi connectivity index (χ2v) is 8.44. The number of ketones is 1. The molecule has 3 N–H and O–H groups in total. The summed E-state index contributed by atoms with van der Waals surface area (Å²) in [5.41, 5.74) is 1.57. The molecule has 0 unspecified atom stereocenters. The maximum atomic E-state index is 13.3. The van der Waals surface area contributed by atoms with Gasteiger partial charge < -0.3 is 20.3 Å². The lowest BCUT2D eigenvalue weighted by molar-refractivity contribution is -0.117. The predicted molar refractivity (Wildman–Crippen MR) is 125 cm³/mol. The molecular weight excluding hydrogens is 479 g/mol. The van der Waals surface area contributed by atoms with Gasteiger partial charge in [0.2, 0.25) is 5.78 Å². The van der Waals surface area contributed by atoms with Crippen molar-refractivity contribution in [1.29, 1.82) is 5.41 Å². The van der Waals surface area contributed by atoms with Crippen molar-refractivity contribution in [2.24, 2.45) is 5.92 Å². The number of anilines is 1. The molecule has 0 spiro atoms. The lowest BCUT2D eigenvalue weighted by Gasteiger charge is -2.31. The molecule has 0 atom stereocenters. The van der Waals surface area contributed by atoms with Crippen molar-refractivity contribution < 1.29 is 18.7 Å². The first kappa shape index (κ1) is 23.7. The lowest BCUT2D eigenvalue weighted by Crippen LogP contribution is -2.46. The van der Waals surface area contributed by atoms with Crippen LogP contribution >= 0.6 is 15.9 Å². The van der Waals surface area contributed by atoms with Gasteiger partial charge in [0.1, 0.15) is 11.6 Å². The number of amidine groups is 1. The zero-order valence-corrected chi connectivity index (χ0v) is 19.4.